The molecule has 1 heterocycles. The average molecular weight is 282 g/mol. The van der Waals surface area contributed by atoms with E-state index in [1.54, 1.807) is 31.3 Å². The lowest BCUT2D eigenvalue weighted by Gasteiger charge is -2.18. The predicted molar refractivity (Wildman–Crippen MR) is 79.7 cm³/mol. The Balaban J connectivity index is 2.17. The minimum atomic E-state index is -0.286. The molecule has 0 aliphatic heterocycles. The van der Waals surface area contributed by atoms with E-state index in [-0.39, 0.29) is 18.0 Å². The highest BCUT2D eigenvalue weighted by Gasteiger charge is 2.12. The summed E-state index contributed by atoms with van der Waals surface area (Å²) in [5, 5.41) is 8.75. The zero-order chi connectivity index (χ0) is 15.4. The zero-order valence-corrected chi connectivity index (χ0v) is 11.5. The molecule has 6 heteroatoms. The van der Waals surface area contributed by atoms with Crippen molar-refractivity contribution in [2.75, 3.05) is 17.7 Å². The van der Waals surface area contributed by atoms with Crippen molar-refractivity contribution in [3.05, 3.63) is 58.5 Å². The number of likely N-dealkylation sites (N-methyl/N-ethyl adjacent to an activating group) is 1. The Labute approximate surface area is 121 Å². The minimum Gasteiger partial charge on any atom is -0.398 e. The van der Waals surface area contributed by atoms with Crippen LogP contribution in [0.2, 0.25) is 0 Å². The Bertz CT molecular complexity index is 756. The Morgan fingerprint density at radius 3 is 2.57 bits per heavy atom. The second kappa shape index (κ2) is 5.92. The van der Waals surface area contributed by atoms with Gasteiger partial charge in [0.25, 0.3) is 5.56 Å². The first-order valence-electron chi connectivity index (χ1n) is 6.24. The largest absolute Gasteiger partial charge is 0.398 e. The van der Waals surface area contributed by atoms with Crippen LogP contribution in [0.5, 0.6) is 0 Å². The number of amides is 1. The van der Waals surface area contributed by atoms with Crippen molar-refractivity contribution in [3.63, 3.8) is 0 Å². The molecule has 0 spiro atoms. The van der Waals surface area contributed by atoms with Crippen LogP contribution in [-0.2, 0) is 11.3 Å². The Kier molecular flexibility index (Phi) is 4.05. The number of nitrogens with zero attached hydrogens (tertiary/aromatic N) is 3. The number of nitriles is 1. The Morgan fingerprint density at radius 1 is 1.29 bits per heavy atom. The molecule has 21 heavy (non-hydrogen) atoms. The quantitative estimate of drug-likeness (QED) is 0.907. The average Bonchev–Trinajstić information content (AvgIpc) is 2.50. The van der Waals surface area contributed by atoms with Gasteiger partial charge in [-0.2, -0.15) is 5.26 Å². The van der Waals surface area contributed by atoms with Crippen LogP contribution in [0.3, 0.4) is 0 Å². The van der Waals surface area contributed by atoms with E-state index in [0.717, 1.165) is 0 Å². The van der Waals surface area contributed by atoms with E-state index in [4.69, 9.17) is 11.0 Å². The standard InChI is InChI=1S/C15H14N4O2/c1-18(13-5-2-11(8-16)3-6-13)15(21)10-19-9-12(17)4-7-14(19)20/h2-7,9H,10,17H2,1H3. The molecular weight excluding hydrogens is 268 g/mol. The van der Waals surface area contributed by atoms with Gasteiger partial charge in [0, 0.05) is 30.7 Å². The second-order valence-corrected chi connectivity index (χ2v) is 4.54. The van der Waals surface area contributed by atoms with Crippen molar-refractivity contribution in [1.82, 2.24) is 4.57 Å². The van der Waals surface area contributed by atoms with Crippen molar-refractivity contribution < 1.29 is 4.79 Å². The first-order valence-corrected chi connectivity index (χ1v) is 6.24. The van der Waals surface area contributed by atoms with E-state index >= 15 is 0 Å². The van der Waals surface area contributed by atoms with Gasteiger partial charge in [0.05, 0.1) is 11.6 Å². The van der Waals surface area contributed by atoms with Gasteiger partial charge in [-0.05, 0) is 30.3 Å². The molecule has 0 bridgehead atoms. The third-order valence-electron chi connectivity index (χ3n) is 3.07. The number of anilines is 2. The molecule has 2 aromatic rings. The van der Waals surface area contributed by atoms with Crippen LogP contribution >= 0.6 is 0 Å². The van der Waals surface area contributed by atoms with Gasteiger partial charge in [-0.1, -0.05) is 0 Å². The summed E-state index contributed by atoms with van der Waals surface area (Å²) in [7, 11) is 1.61. The summed E-state index contributed by atoms with van der Waals surface area (Å²) in [4.78, 5) is 25.3. The monoisotopic (exact) mass is 282 g/mol. The number of nitrogen functional groups attached to an aromatic ring is 1. The lowest BCUT2D eigenvalue weighted by molar-refractivity contribution is -0.118. The van der Waals surface area contributed by atoms with Crippen LogP contribution in [0.1, 0.15) is 5.56 Å². The first kappa shape index (κ1) is 14.3. The smallest absolute Gasteiger partial charge is 0.251 e. The molecule has 2 N–H and O–H groups in total. The Hall–Kier alpha value is -3.07. The van der Waals surface area contributed by atoms with Crippen LogP contribution in [0, 0.1) is 11.3 Å². The molecule has 0 saturated carbocycles. The highest BCUT2D eigenvalue weighted by Crippen LogP contribution is 2.14. The summed E-state index contributed by atoms with van der Waals surface area (Å²) < 4.78 is 1.26. The molecule has 2 rings (SSSR count). The molecule has 0 radical (unpaired) electrons. The van der Waals surface area contributed by atoms with Gasteiger partial charge in [0.1, 0.15) is 6.54 Å². The fourth-order valence-electron chi connectivity index (χ4n) is 1.83. The molecule has 0 aliphatic rings. The summed E-state index contributed by atoms with van der Waals surface area (Å²) in [6.07, 6.45) is 1.44. The summed E-state index contributed by atoms with van der Waals surface area (Å²) in [5.41, 5.74) is 6.91. The molecule has 6 nitrogen and oxygen atoms in total. The highest BCUT2D eigenvalue weighted by atomic mass is 16.2. The zero-order valence-electron chi connectivity index (χ0n) is 11.5. The van der Waals surface area contributed by atoms with Gasteiger partial charge >= 0.3 is 0 Å². The van der Waals surface area contributed by atoms with E-state index < -0.39 is 0 Å². The van der Waals surface area contributed by atoms with Crippen LogP contribution < -0.4 is 16.2 Å². The molecule has 1 aromatic carbocycles. The molecule has 0 aliphatic carbocycles. The number of aromatic nitrogens is 1. The third kappa shape index (κ3) is 3.28. The van der Waals surface area contributed by atoms with Crippen LogP contribution in [-0.4, -0.2) is 17.5 Å². The molecule has 106 valence electrons. The molecule has 0 unspecified atom stereocenters. The van der Waals surface area contributed by atoms with E-state index in [1.165, 1.54) is 27.8 Å². The number of hydrogen-bond acceptors (Lipinski definition) is 4. The fraction of sp³-hybridized carbons (Fsp3) is 0.133. The van der Waals surface area contributed by atoms with Crippen molar-refractivity contribution in [3.8, 4) is 6.07 Å². The minimum absolute atomic E-state index is 0.0969. The predicted octanol–water partition coefficient (Wildman–Crippen LogP) is 0.965. The van der Waals surface area contributed by atoms with Gasteiger partial charge in [-0.25, -0.2) is 0 Å². The number of carbonyl (C=O) groups is 1. The molecular formula is C15H14N4O2. The fourth-order valence-corrected chi connectivity index (χ4v) is 1.83. The van der Waals surface area contributed by atoms with Gasteiger partial charge in [-0.3, -0.25) is 9.59 Å². The third-order valence-corrected chi connectivity index (χ3v) is 3.07. The molecule has 0 saturated heterocycles. The van der Waals surface area contributed by atoms with Crippen molar-refractivity contribution >= 4 is 17.3 Å². The maximum absolute atomic E-state index is 12.2. The number of carbonyl (C=O) groups excluding carboxylic acids is 1. The lowest BCUT2D eigenvalue weighted by Crippen LogP contribution is -2.33. The number of pyridine rings is 1. The van der Waals surface area contributed by atoms with Crippen molar-refractivity contribution in [1.29, 1.82) is 5.26 Å². The molecule has 0 fully saturated rings. The van der Waals surface area contributed by atoms with E-state index in [0.29, 0.717) is 16.9 Å². The summed E-state index contributed by atoms with van der Waals surface area (Å²) in [6, 6.07) is 11.5. The summed E-state index contributed by atoms with van der Waals surface area (Å²) in [6.45, 7) is -0.0969. The number of nitrogens with two attached hydrogens (primary N) is 1. The molecule has 1 amide bonds. The second-order valence-electron chi connectivity index (χ2n) is 4.54. The Morgan fingerprint density at radius 2 is 1.95 bits per heavy atom. The topological polar surface area (TPSA) is 92.1 Å². The molecule has 1 aromatic heterocycles. The van der Waals surface area contributed by atoms with Crippen LogP contribution in [0.25, 0.3) is 0 Å². The van der Waals surface area contributed by atoms with Crippen LogP contribution in [0.4, 0.5) is 11.4 Å². The SMILES string of the molecule is CN(C(=O)Cn1cc(N)ccc1=O)c1ccc(C#N)cc1. The maximum atomic E-state index is 12.2. The van der Waals surface area contributed by atoms with E-state index in [2.05, 4.69) is 0 Å². The van der Waals surface area contributed by atoms with Gasteiger partial charge in [0.2, 0.25) is 5.91 Å². The van der Waals surface area contributed by atoms with Gasteiger partial charge in [-0.15, -0.1) is 0 Å². The lowest BCUT2D eigenvalue weighted by atomic mass is 10.2. The van der Waals surface area contributed by atoms with Crippen molar-refractivity contribution in [2.24, 2.45) is 0 Å². The normalized spacial score (nSPS) is 9.90. The summed E-state index contributed by atoms with van der Waals surface area (Å²) in [5.74, 6) is -0.257. The number of benzene rings is 1. The van der Waals surface area contributed by atoms with E-state index in [9.17, 15) is 9.59 Å². The molecule has 0 atom stereocenters. The van der Waals surface area contributed by atoms with Crippen LogP contribution in [0.15, 0.2) is 47.4 Å². The first-order chi connectivity index (χ1) is 10.0. The van der Waals surface area contributed by atoms with Gasteiger partial charge in [0.15, 0.2) is 0 Å². The number of hydrogen-bond donors (Lipinski definition) is 1. The van der Waals surface area contributed by atoms with Gasteiger partial charge < -0.3 is 15.2 Å². The highest BCUT2D eigenvalue weighted by molar-refractivity contribution is 5.92. The van der Waals surface area contributed by atoms with Crippen molar-refractivity contribution in [2.45, 2.75) is 6.54 Å². The number of rotatable bonds is 3. The van der Waals surface area contributed by atoms with E-state index in [1.807, 2.05) is 6.07 Å². The summed E-state index contributed by atoms with van der Waals surface area (Å²) >= 11 is 0. The maximum Gasteiger partial charge on any atom is 0.251 e.